The number of hydrogen-bond acceptors (Lipinski definition) is 6. The van der Waals surface area contributed by atoms with Crippen LogP contribution >= 0.6 is 0 Å². The van der Waals surface area contributed by atoms with Crippen molar-refractivity contribution in [3.05, 3.63) is 36.2 Å². The number of nitrogens with two attached hydrogens (primary N) is 2. The molecule has 0 saturated carbocycles. The van der Waals surface area contributed by atoms with Crippen molar-refractivity contribution < 1.29 is 9.90 Å². The molecule has 2 heterocycles. The topological polar surface area (TPSA) is 144 Å². The Bertz CT molecular complexity index is 827. The molecule has 0 bridgehead atoms. The van der Waals surface area contributed by atoms with Crippen molar-refractivity contribution in [1.29, 1.82) is 0 Å². The molecule has 22 heavy (non-hydrogen) atoms. The van der Waals surface area contributed by atoms with Gasteiger partial charge in [0.2, 0.25) is 0 Å². The quantitative estimate of drug-likeness (QED) is 0.550. The maximum absolute atomic E-state index is 10.8. The van der Waals surface area contributed by atoms with Gasteiger partial charge in [-0.25, -0.2) is 15.0 Å². The lowest BCUT2D eigenvalue weighted by molar-refractivity contribution is -0.138. The first-order valence-corrected chi connectivity index (χ1v) is 6.58. The van der Waals surface area contributed by atoms with Crippen molar-refractivity contribution in [1.82, 2.24) is 19.9 Å². The summed E-state index contributed by atoms with van der Waals surface area (Å²) in [7, 11) is 0. The summed E-state index contributed by atoms with van der Waals surface area (Å²) in [6.45, 7) is 0. The lowest BCUT2D eigenvalue weighted by atomic mass is 10.0. The Kier molecular flexibility index (Phi) is 3.43. The van der Waals surface area contributed by atoms with Crippen LogP contribution in [0.4, 0.5) is 5.82 Å². The van der Waals surface area contributed by atoms with Gasteiger partial charge in [0, 0.05) is 5.56 Å². The third-order valence-electron chi connectivity index (χ3n) is 3.32. The van der Waals surface area contributed by atoms with Gasteiger partial charge in [-0.15, -0.1) is 0 Å². The number of rotatable bonds is 4. The van der Waals surface area contributed by atoms with E-state index in [1.165, 1.54) is 6.33 Å². The van der Waals surface area contributed by atoms with Gasteiger partial charge in [-0.2, -0.15) is 0 Å². The lowest BCUT2D eigenvalue weighted by Crippen LogP contribution is -2.32. The van der Waals surface area contributed by atoms with Gasteiger partial charge >= 0.3 is 5.97 Å². The smallest absolute Gasteiger partial charge is 0.320 e. The first-order chi connectivity index (χ1) is 10.5. The second-order valence-corrected chi connectivity index (χ2v) is 4.89. The minimum absolute atomic E-state index is 0.272. The Balaban J connectivity index is 1.88. The molecule has 6 N–H and O–H groups in total. The number of imidazole rings is 1. The average molecular weight is 298 g/mol. The van der Waals surface area contributed by atoms with E-state index < -0.39 is 12.0 Å². The molecule has 8 heteroatoms. The highest BCUT2D eigenvalue weighted by molar-refractivity contribution is 5.84. The van der Waals surface area contributed by atoms with Crippen molar-refractivity contribution in [3.63, 3.8) is 0 Å². The Morgan fingerprint density at radius 1 is 1.27 bits per heavy atom. The Morgan fingerprint density at radius 3 is 2.64 bits per heavy atom. The summed E-state index contributed by atoms with van der Waals surface area (Å²) < 4.78 is 0. The van der Waals surface area contributed by atoms with Crippen LogP contribution in [0.25, 0.3) is 22.6 Å². The second-order valence-electron chi connectivity index (χ2n) is 4.89. The molecule has 0 unspecified atom stereocenters. The standard InChI is InChI=1S/C14H14N6O2/c15-9(14(21)22)5-7-1-3-8(4-2-7)12-19-10-11(16)17-6-18-13(10)20-12/h1-4,6,9H,5,15H2,(H,21,22)(H3,16,17,18,19,20)/t9-/m0/s1. The molecule has 0 fully saturated rings. The number of benzene rings is 1. The van der Waals surface area contributed by atoms with Crippen LogP contribution in [0.15, 0.2) is 30.6 Å². The first kappa shape index (κ1) is 14.0. The van der Waals surface area contributed by atoms with Crippen molar-refractivity contribution >= 4 is 23.0 Å². The predicted molar refractivity (Wildman–Crippen MR) is 80.8 cm³/mol. The summed E-state index contributed by atoms with van der Waals surface area (Å²) in [6.07, 6.45) is 1.63. The third kappa shape index (κ3) is 2.59. The highest BCUT2D eigenvalue weighted by atomic mass is 16.4. The number of carbonyl (C=O) groups is 1. The van der Waals surface area contributed by atoms with Crippen LogP contribution in [-0.2, 0) is 11.2 Å². The molecule has 0 spiro atoms. The number of fused-ring (bicyclic) bond motifs is 1. The molecule has 2 aromatic heterocycles. The minimum Gasteiger partial charge on any atom is -0.480 e. The van der Waals surface area contributed by atoms with Crippen LogP contribution in [0.5, 0.6) is 0 Å². The molecule has 8 nitrogen and oxygen atoms in total. The number of carboxylic acids is 1. The Labute approximate surface area is 125 Å². The van der Waals surface area contributed by atoms with E-state index in [1.54, 1.807) is 0 Å². The van der Waals surface area contributed by atoms with Gasteiger partial charge in [-0.3, -0.25) is 4.79 Å². The molecule has 112 valence electrons. The molecule has 0 saturated heterocycles. The van der Waals surface area contributed by atoms with Gasteiger partial charge in [-0.1, -0.05) is 24.3 Å². The molecule has 0 amide bonds. The summed E-state index contributed by atoms with van der Waals surface area (Å²) in [5.41, 5.74) is 14.1. The number of carboxylic acid groups (broad SMARTS) is 1. The van der Waals surface area contributed by atoms with E-state index in [-0.39, 0.29) is 6.42 Å². The summed E-state index contributed by atoms with van der Waals surface area (Å²) in [5, 5.41) is 8.82. The molecule has 1 aromatic carbocycles. The average Bonchev–Trinajstić information content (AvgIpc) is 2.93. The van der Waals surface area contributed by atoms with Crippen LogP contribution in [0.1, 0.15) is 5.56 Å². The second kappa shape index (κ2) is 5.41. The fourth-order valence-corrected chi connectivity index (χ4v) is 2.12. The lowest BCUT2D eigenvalue weighted by Gasteiger charge is -2.06. The van der Waals surface area contributed by atoms with Crippen LogP contribution in [0.3, 0.4) is 0 Å². The molecule has 3 rings (SSSR count). The number of nitrogen functional groups attached to an aromatic ring is 1. The van der Waals surface area contributed by atoms with Crippen LogP contribution in [0, 0.1) is 0 Å². The van der Waals surface area contributed by atoms with Crippen LogP contribution < -0.4 is 11.5 Å². The number of aromatic nitrogens is 4. The number of nitrogens with one attached hydrogen (secondary N) is 1. The third-order valence-corrected chi connectivity index (χ3v) is 3.32. The normalized spacial score (nSPS) is 12.4. The van der Waals surface area contributed by atoms with Gasteiger partial charge in [0.15, 0.2) is 11.5 Å². The fourth-order valence-electron chi connectivity index (χ4n) is 2.12. The van der Waals surface area contributed by atoms with Gasteiger partial charge in [-0.05, 0) is 12.0 Å². The Hall–Kier alpha value is -3.00. The summed E-state index contributed by atoms with van der Waals surface area (Å²) >= 11 is 0. The summed E-state index contributed by atoms with van der Waals surface area (Å²) in [6, 6.07) is 6.41. The highest BCUT2D eigenvalue weighted by Gasteiger charge is 2.13. The minimum atomic E-state index is -1.02. The Morgan fingerprint density at radius 2 is 2.00 bits per heavy atom. The van der Waals surface area contributed by atoms with E-state index in [0.717, 1.165) is 11.1 Å². The highest BCUT2D eigenvalue weighted by Crippen LogP contribution is 2.22. The monoisotopic (exact) mass is 298 g/mol. The number of hydrogen-bond donors (Lipinski definition) is 4. The molecule has 0 radical (unpaired) electrons. The summed E-state index contributed by atoms with van der Waals surface area (Å²) in [4.78, 5) is 26.1. The molecule has 1 atom stereocenters. The maximum Gasteiger partial charge on any atom is 0.320 e. The zero-order chi connectivity index (χ0) is 15.7. The number of anilines is 1. The maximum atomic E-state index is 10.8. The van der Waals surface area contributed by atoms with Crippen molar-refractivity contribution in [2.24, 2.45) is 5.73 Å². The molecular formula is C14H14N6O2. The van der Waals surface area contributed by atoms with E-state index >= 15 is 0 Å². The molecule has 0 aliphatic rings. The van der Waals surface area contributed by atoms with Crippen LogP contribution in [0.2, 0.25) is 0 Å². The number of H-pyrrole nitrogens is 1. The number of aromatic amines is 1. The van der Waals surface area contributed by atoms with Gasteiger partial charge in [0.1, 0.15) is 23.7 Å². The van der Waals surface area contributed by atoms with E-state index in [2.05, 4.69) is 19.9 Å². The summed E-state index contributed by atoms with van der Waals surface area (Å²) in [5.74, 6) is -0.0560. The first-order valence-electron chi connectivity index (χ1n) is 6.58. The number of nitrogens with zero attached hydrogens (tertiary/aromatic N) is 3. The molecule has 0 aliphatic heterocycles. The van der Waals surface area contributed by atoms with Crippen molar-refractivity contribution in [2.45, 2.75) is 12.5 Å². The van der Waals surface area contributed by atoms with E-state index in [0.29, 0.717) is 22.8 Å². The van der Waals surface area contributed by atoms with Gasteiger partial charge in [0.05, 0.1) is 0 Å². The zero-order valence-electron chi connectivity index (χ0n) is 11.5. The van der Waals surface area contributed by atoms with Crippen LogP contribution in [-0.4, -0.2) is 37.1 Å². The molecule has 0 aliphatic carbocycles. The predicted octanol–water partition coefficient (Wildman–Crippen LogP) is 0.556. The molecular weight excluding hydrogens is 284 g/mol. The van der Waals surface area contributed by atoms with E-state index in [9.17, 15) is 4.79 Å². The van der Waals surface area contributed by atoms with E-state index in [1.807, 2.05) is 24.3 Å². The van der Waals surface area contributed by atoms with Crippen molar-refractivity contribution in [3.8, 4) is 11.4 Å². The fraction of sp³-hybridized carbons (Fsp3) is 0.143. The SMILES string of the molecule is Nc1ncnc2nc(-c3ccc(C[C@H](N)C(=O)O)cc3)[nH]c12. The zero-order valence-corrected chi connectivity index (χ0v) is 11.5. The number of aliphatic carboxylic acids is 1. The van der Waals surface area contributed by atoms with E-state index in [4.69, 9.17) is 16.6 Å². The largest absolute Gasteiger partial charge is 0.480 e. The van der Waals surface area contributed by atoms with Gasteiger partial charge in [0.25, 0.3) is 0 Å². The van der Waals surface area contributed by atoms with Crippen molar-refractivity contribution in [2.75, 3.05) is 5.73 Å². The molecule has 3 aromatic rings. The van der Waals surface area contributed by atoms with Gasteiger partial charge < -0.3 is 21.6 Å².